The van der Waals surface area contributed by atoms with Gasteiger partial charge in [-0.1, -0.05) is 90.9 Å². The van der Waals surface area contributed by atoms with E-state index in [1.54, 1.807) is 0 Å². The molecule has 0 aromatic heterocycles. The highest BCUT2D eigenvalue weighted by Crippen LogP contribution is 2.22. The average Bonchev–Trinajstić information content (AvgIpc) is 2.87. The lowest BCUT2D eigenvalue weighted by Gasteiger charge is -2.40. The third kappa shape index (κ3) is 13.1. The summed E-state index contributed by atoms with van der Waals surface area (Å²) < 4.78 is 11.0. The van der Waals surface area contributed by atoms with Gasteiger partial charge in [0.25, 0.3) is 0 Å². The summed E-state index contributed by atoms with van der Waals surface area (Å²) in [6.07, 6.45) is 7.34. The summed E-state index contributed by atoms with van der Waals surface area (Å²) in [6.45, 7) is 3.66. The Morgan fingerprint density at radius 3 is 1.97 bits per heavy atom. The summed E-state index contributed by atoms with van der Waals surface area (Å²) in [6, 6.07) is -0.704. The Morgan fingerprint density at radius 1 is 0.833 bits per heavy atom. The molecule has 1 heterocycles. The van der Waals surface area contributed by atoms with E-state index in [0.717, 1.165) is 38.5 Å². The molecule has 0 saturated carbocycles. The predicted molar refractivity (Wildman–Crippen MR) is 138 cm³/mol. The number of ether oxygens (including phenoxy) is 2. The lowest BCUT2D eigenvalue weighted by atomic mass is 9.99. The molecule has 1 amide bonds. The van der Waals surface area contributed by atoms with Crippen LogP contribution >= 0.6 is 0 Å². The molecule has 9 nitrogen and oxygen atoms in total. The van der Waals surface area contributed by atoms with Gasteiger partial charge in [0.15, 0.2) is 6.29 Å². The van der Waals surface area contributed by atoms with Crippen LogP contribution in [0.4, 0.5) is 0 Å². The number of unbranched alkanes of at least 4 members (excludes halogenated alkanes) is 11. The third-order valence-electron chi connectivity index (χ3n) is 6.96. The second-order valence-corrected chi connectivity index (χ2v) is 10.2. The fourth-order valence-electron chi connectivity index (χ4n) is 4.51. The van der Waals surface area contributed by atoms with Crippen LogP contribution in [0.15, 0.2) is 0 Å². The van der Waals surface area contributed by atoms with Crippen molar-refractivity contribution in [2.24, 2.45) is 0 Å². The van der Waals surface area contributed by atoms with Crippen molar-refractivity contribution in [3.05, 3.63) is 0 Å². The van der Waals surface area contributed by atoms with E-state index in [1.807, 2.05) is 0 Å². The van der Waals surface area contributed by atoms with Gasteiger partial charge in [0.1, 0.15) is 24.4 Å². The molecule has 9 heteroatoms. The normalized spacial score (nSPS) is 26.0. The highest BCUT2D eigenvalue weighted by Gasteiger charge is 2.44. The molecule has 1 saturated heterocycles. The zero-order valence-corrected chi connectivity index (χ0v) is 22.5. The van der Waals surface area contributed by atoms with Crippen molar-refractivity contribution >= 4 is 5.91 Å². The van der Waals surface area contributed by atoms with Crippen molar-refractivity contribution in [2.75, 3.05) is 13.2 Å². The number of aliphatic hydroxyl groups excluding tert-OH is 5. The van der Waals surface area contributed by atoms with Crippen LogP contribution in [-0.2, 0) is 14.3 Å². The largest absolute Gasteiger partial charge is 0.394 e. The minimum Gasteiger partial charge on any atom is -0.394 e. The lowest BCUT2D eigenvalue weighted by molar-refractivity contribution is -0.302. The summed E-state index contributed by atoms with van der Waals surface area (Å²) >= 11 is 0. The second-order valence-electron chi connectivity index (χ2n) is 10.2. The van der Waals surface area contributed by atoms with Crippen LogP contribution in [0.25, 0.3) is 0 Å². The minimum absolute atomic E-state index is 0.136. The molecule has 7 atom stereocenters. The number of hydrogen-bond acceptors (Lipinski definition) is 8. The maximum Gasteiger partial charge on any atom is 0.220 e. The van der Waals surface area contributed by atoms with Crippen molar-refractivity contribution < 1.29 is 39.8 Å². The molecule has 1 rings (SSSR count). The highest BCUT2D eigenvalue weighted by atomic mass is 16.7. The average molecular weight is 520 g/mol. The zero-order valence-electron chi connectivity index (χ0n) is 22.5. The van der Waals surface area contributed by atoms with Gasteiger partial charge >= 0.3 is 0 Å². The Hall–Kier alpha value is -0.810. The molecule has 1 aliphatic rings. The molecule has 0 aliphatic carbocycles. The standard InChI is InChI=1S/C27H53NO8/c1-3-5-7-9-11-12-14-16-21(30)20(28-23(31)17-15-13-10-8-6-4-2)19-35-27-26(34)25(33)24(32)22(18-29)36-27/h20-22,24-27,29-30,32-34H,3-19H2,1-2H3,(H,28,31). The zero-order chi connectivity index (χ0) is 26.8. The molecular formula is C27H53NO8. The first-order valence-electron chi connectivity index (χ1n) is 14.2. The van der Waals surface area contributed by atoms with E-state index in [2.05, 4.69) is 19.2 Å². The number of carbonyl (C=O) groups is 1. The van der Waals surface area contributed by atoms with E-state index < -0.39 is 49.5 Å². The third-order valence-corrected chi connectivity index (χ3v) is 6.96. The summed E-state index contributed by atoms with van der Waals surface area (Å²) in [5.41, 5.74) is 0. The van der Waals surface area contributed by atoms with Gasteiger partial charge in [-0.3, -0.25) is 4.79 Å². The number of rotatable bonds is 21. The number of nitrogens with one attached hydrogen (secondary N) is 1. The first kappa shape index (κ1) is 33.2. The van der Waals surface area contributed by atoms with Crippen molar-refractivity contribution in [3.63, 3.8) is 0 Å². The van der Waals surface area contributed by atoms with Crippen LogP contribution in [0.3, 0.4) is 0 Å². The van der Waals surface area contributed by atoms with E-state index in [4.69, 9.17) is 9.47 Å². The quantitative estimate of drug-likeness (QED) is 0.127. The molecule has 7 unspecified atom stereocenters. The fraction of sp³-hybridized carbons (Fsp3) is 0.963. The Bertz CT molecular complexity index is 550. The van der Waals surface area contributed by atoms with Crippen LogP contribution in [-0.4, -0.2) is 87.5 Å². The van der Waals surface area contributed by atoms with Crippen LogP contribution in [0, 0.1) is 0 Å². The maximum absolute atomic E-state index is 12.6. The van der Waals surface area contributed by atoms with E-state index in [1.165, 1.54) is 44.9 Å². The second kappa shape index (κ2) is 20.2. The van der Waals surface area contributed by atoms with E-state index in [0.29, 0.717) is 12.8 Å². The van der Waals surface area contributed by atoms with Crippen molar-refractivity contribution in [1.29, 1.82) is 0 Å². The molecule has 0 spiro atoms. The van der Waals surface area contributed by atoms with Crippen LogP contribution in [0.5, 0.6) is 0 Å². The molecule has 0 aromatic rings. The SMILES string of the molecule is CCCCCCCCCC(O)C(COC1OC(CO)C(O)C(O)C1O)NC(=O)CCCCCCCC. The molecule has 0 bridgehead atoms. The summed E-state index contributed by atoms with van der Waals surface area (Å²) in [7, 11) is 0. The van der Waals surface area contributed by atoms with Gasteiger partial charge in [-0.05, 0) is 12.8 Å². The van der Waals surface area contributed by atoms with Crippen molar-refractivity contribution in [3.8, 4) is 0 Å². The number of carbonyl (C=O) groups excluding carboxylic acids is 1. The van der Waals surface area contributed by atoms with Gasteiger partial charge in [-0.15, -0.1) is 0 Å². The first-order valence-corrected chi connectivity index (χ1v) is 14.2. The topological polar surface area (TPSA) is 149 Å². The first-order chi connectivity index (χ1) is 17.3. The summed E-state index contributed by atoms with van der Waals surface area (Å²) in [4.78, 5) is 12.6. The molecule has 1 aliphatic heterocycles. The fourth-order valence-corrected chi connectivity index (χ4v) is 4.51. The molecule has 214 valence electrons. The van der Waals surface area contributed by atoms with Crippen LogP contribution in [0.2, 0.25) is 0 Å². The maximum atomic E-state index is 12.6. The summed E-state index contributed by atoms with van der Waals surface area (Å²) in [5, 5.41) is 53.3. The molecule has 0 radical (unpaired) electrons. The van der Waals surface area contributed by atoms with Crippen LogP contribution in [0.1, 0.15) is 110 Å². The van der Waals surface area contributed by atoms with Gasteiger partial charge in [0.05, 0.1) is 25.4 Å². The van der Waals surface area contributed by atoms with Gasteiger partial charge in [0.2, 0.25) is 5.91 Å². The summed E-state index contributed by atoms with van der Waals surface area (Å²) in [5.74, 6) is -0.161. The predicted octanol–water partition coefficient (Wildman–Crippen LogP) is 2.54. The minimum atomic E-state index is -1.54. The van der Waals surface area contributed by atoms with Gasteiger partial charge in [-0.25, -0.2) is 0 Å². The highest BCUT2D eigenvalue weighted by molar-refractivity contribution is 5.76. The molecule has 1 fully saturated rings. The van der Waals surface area contributed by atoms with Gasteiger partial charge in [0, 0.05) is 6.42 Å². The number of aliphatic hydroxyl groups is 5. The van der Waals surface area contributed by atoms with E-state index in [-0.39, 0.29) is 12.5 Å². The van der Waals surface area contributed by atoms with Crippen molar-refractivity contribution in [2.45, 2.75) is 153 Å². The van der Waals surface area contributed by atoms with Gasteiger partial charge in [-0.2, -0.15) is 0 Å². The van der Waals surface area contributed by atoms with E-state index in [9.17, 15) is 30.3 Å². The molecule has 6 N–H and O–H groups in total. The number of amides is 1. The van der Waals surface area contributed by atoms with Gasteiger partial charge < -0.3 is 40.3 Å². The monoisotopic (exact) mass is 519 g/mol. The number of hydrogen-bond donors (Lipinski definition) is 6. The Labute approximate surface area is 217 Å². The molecule has 0 aromatic carbocycles. The lowest BCUT2D eigenvalue weighted by Crippen LogP contribution is -2.60. The van der Waals surface area contributed by atoms with Crippen molar-refractivity contribution in [1.82, 2.24) is 5.32 Å². The smallest absolute Gasteiger partial charge is 0.220 e. The van der Waals surface area contributed by atoms with Crippen LogP contribution < -0.4 is 5.32 Å². The molecule has 36 heavy (non-hydrogen) atoms. The Morgan fingerprint density at radius 2 is 1.39 bits per heavy atom. The Balaban J connectivity index is 2.59. The molecular weight excluding hydrogens is 466 g/mol. The van der Waals surface area contributed by atoms with E-state index >= 15 is 0 Å². The Kier molecular flexibility index (Phi) is 18.6.